The Hall–Kier alpha value is -1.28. The highest BCUT2D eigenvalue weighted by atomic mass is 31.2. The quantitative estimate of drug-likeness (QED) is 0.0431. The molecule has 0 saturated carbocycles. The third-order valence-electron chi connectivity index (χ3n) is 6.46. The van der Waals surface area contributed by atoms with Crippen molar-refractivity contribution in [2.75, 3.05) is 19.8 Å². The molecular weight excluding hydrogens is 527 g/mol. The molecule has 8 nitrogen and oxygen atoms in total. The fourth-order valence-electron chi connectivity index (χ4n) is 4.03. The number of phosphoric acid groups is 1. The van der Waals surface area contributed by atoms with Crippen molar-refractivity contribution in [3.05, 3.63) is 36.5 Å². The molecule has 0 radical (unpaired) electrons. The molecule has 234 valence electrons. The van der Waals surface area contributed by atoms with E-state index in [4.69, 9.17) is 14.8 Å². The number of phosphoric ester groups is 1. The summed E-state index contributed by atoms with van der Waals surface area (Å²) in [5.41, 5.74) is 5.31. The highest BCUT2D eigenvalue weighted by Crippen LogP contribution is 2.43. The summed E-state index contributed by atoms with van der Waals surface area (Å²) in [4.78, 5) is 22.4. The van der Waals surface area contributed by atoms with E-state index in [2.05, 4.69) is 43.5 Å². The van der Waals surface area contributed by atoms with E-state index in [-0.39, 0.29) is 25.7 Å². The molecule has 0 heterocycles. The molecular formula is C31H59N2O6P. The SMILES string of the molecule is CCCC/C=C\C/C=C\CCCCCCCC(=O)NC(COP(=O)(O)OCCN)C(O)/C=C/CCCCCCC. The normalized spacial score (nSPS) is 15.2. The molecule has 0 aliphatic carbocycles. The molecule has 0 aliphatic heterocycles. The van der Waals surface area contributed by atoms with Crippen LogP contribution in [0.5, 0.6) is 0 Å². The van der Waals surface area contributed by atoms with Crippen molar-refractivity contribution in [3.8, 4) is 0 Å². The number of nitrogens with two attached hydrogens (primary N) is 1. The number of hydrogen-bond donors (Lipinski definition) is 4. The first-order valence-electron chi connectivity index (χ1n) is 15.6. The lowest BCUT2D eigenvalue weighted by molar-refractivity contribution is -0.123. The standard InChI is InChI=1S/C31H59N2O6P/c1-3-5-7-9-11-12-13-14-15-16-17-19-21-23-25-31(35)33-29(28-39-40(36,37)38-27-26-32)30(34)24-22-20-18-10-8-6-4-2/h9,11,13-14,22,24,29-30,34H,3-8,10,12,15-21,23,25-28,32H2,1-2H3,(H,33,35)(H,36,37)/b11-9-,14-13-,24-22+. The van der Waals surface area contributed by atoms with Crippen LogP contribution in [0.3, 0.4) is 0 Å². The molecule has 3 atom stereocenters. The number of rotatable bonds is 28. The monoisotopic (exact) mass is 586 g/mol. The van der Waals surface area contributed by atoms with Gasteiger partial charge in [-0.05, 0) is 44.9 Å². The Kier molecular flexibility index (Phi) is 27.0. The Bertz CT molecular complexity index is 729. The summed E-state index contributed by atoms with van der Waals surface area (Å²) in [6.07, 6.45) is 29.2. The predicted molar refractivity (Wildman–Crippen MR) is 166 cm³/mol. The third-order valence-corrected chi connectivity index (χ3v) is 7.44. The number of hydrogen-bond acceptors (Lipinski definition) is 6. The molecule has 3 unspecified atom stereocenters. The Balaban J connectivity index is 4.39. The average Bonchev–Trinajstić information content (AvgIpc) is 2.93. The van der Waals surface area contributed by atoms with Crippen LogP contribution in [0.1, 0.15) is 123 Å². The van der Waals surface area contributed by atoms with Gasteiger partial charge in [0.15, 0.2) is 0 Å². The molecule has 0 spiro atoms. The zero-order valence-electron chi connectivity index (χ0n) is 25.3. The van der Waals surface area contributed by atoms with Crippen molar-refractivity contribution < 1.29 is 28.4 Å². The fraction of sp³-hybridized carbons (Fsp3) is 0.774. The smallest absolute Gasteiger partial charge is 0.387 e. The van der Waals surface area contributed by atoms with E-state index in [0.717, 1.165) is 64.2 Å². The highest BCUT2D eigenvalue weighted by Gasteiger charge is 2.26. The zero-order chi connectivity index (χ0) is 29.7. The van der Waals surface area contributed by atoms with Crippen LogP contribution in [0, 0.1) is 0 Å². The number of carbonyl (C=O) groups excluding carboxylic acids is 1. The maximum absolute atomic E-state index is 12.6. The molecule has 0 bridgehead atoms. The Labute approximate surface area is 244 Å². The van der Waals surface area contributed by atoms with Gasteiger partial charge in [-0.25, -0.2) is 4.57 Å². The van der Waals surface area contributed by atoms with Gasteiger partial charge in [0, 0.05) is 13.0 Å². The number of carbonyl (C=O) groups is 1. The second kappa shape index (κ2) is 27.9. The largest absolute Gasteiger partial charge is 0.472 e. The Morgan fingerprint density at radius 3 is 2.05 bits per heavy atom. The van der Waals surface area contributed by atoms with Crippen molar-refractivity contribution in [1.82, 2.24) is 5.32 Å². The van der Waals surface area contributed by atoms with Crippen LogP contribution in [0.4, 0.5) is 0 Å². The van der Waals surface area contributed by atoms with Crippen LogP contribution in [-0.4, -0.2) is 47.8 Å². The van der Waals surface area contributed by atoms with Crippen molar-refractivity contribution in [3.63, 3.8) is 0 Å². The maximum atomic E-state index is 12.6. The van der Waals surface area contributed by atoms with Crippen molar-refractivity contribution in [2.24, 2.45) is 5.73 Å². The molecule has 0 aromatic carbocycles. The molecule has 9 heteroatoms. The lowest BCUT2D eigenvalue weighted by Gasteiger charge is -2.23. The molecule has 0 fully saturated rings. The van der Waals surface area contributed by atoms with Gasteiger partial charge in [0.1, 0.15) is 0 Å². The summed E-state index contributed by atoms with van der Waals surface area (Å²) in [5.74, 6) is -0.216. The third kappa shape index (κ3) is 25.7. The molecule has 0 rings (SSSR count). The van der Waals surface area contributed by atoms with Crippen molar-refractivity contribution in [1.29, 1.82) is 0 Å². The van der Waals surface area contributed by atoms with E-state index in [9.17, 15) is 19.4 Å². The lowest BCUT2D eigenvalue weighted by atomic mass is 10.1. The van der Waals surface area contributed by atoms with Crippen LogP contribution >= 0.6 is 7.82 Å². The predicted octanol–water partition coefficient (Wildman–Crippen LogP) is 7.26. The molecule has 0 aromatic heterocycles. The molecule has 1 amide bonds. The van der Waals surface area contributed by atoms with Crippen LogP contribution in [0.25, 0.3) is 0 Å². The number of aliphatic hydroxyl groups excluding tert-OH is 1. The number of unbranched alkanes of at least 4 members (excludes halogenated alkanes) is 12. The molecule has 5 N–H and O–H groups in total. The van der Waals surface area contributed by atoms with E-state index < -0.39 is 20.0 Å². The van der Waals surface area contributed by atoms with Crippen LogP contribution in [-0.2, 0) is 18.4 Å². The number of nitrogens with one attached hydrogen (secondary N) is 1. The summed E-state index contributed by atoms with van der Waals surface area (Å²) in [6.45, 7) is 3.98. The van der Waals surface area contributed by atoms with Gasteiger partial charge in [0.05, 0.1) is 25.4 Å². The van der Waals surface area contributed by atoms with Gasteiger partial charge in [0.25, 0.3) is 0 Å². The summed E-state index contributed by atoms with van der Waals surface area (Å²) >= 11 is 0. The minimum absolute atomic E-state index is 0.0746. The van der Waals surface area contributed by atoms with Gasteiger partial charge in [-0.2, -0.15) is 0 Å². The summed E-state index contributed by atoms with van der Waals surface area (Å²) < 4.78 is 21.8. The van der Waals surface area contributed by atoms with E-state index in [1.807, 2.05) is 6.08 Å². The van der Waals surface area contributed by atoms with Crippen LogP contribution < -0.4 is 11.1 Å². The number of allylic oxidation sites excluding steroid dienone is 5. The van der Waals surface area contributed by atoms with Gasteiger partial charge in [-0.1, -0.05) is 108 Å². The number of amides is 1. The minimum Gasteiger partial charge on any atom is -0.387 e. The summed E-state index contributed by atoms with van der Waals surface area (Å²) in [5, 5.41) is 13.4. The number of aliphatic hydroxyl groups is 1. The Morgan fingerprint density at radius 2 is 1.40 bits per heavy atom. The zero-order valence-corrected chi connectivity index (χ0v) is 26.2. The molecule has 0 aliphatic rings. The lowest BCUT2D eigenvalue weighted by Crippen LogP contribution is -2.45. The molecule has 40 heavy (non-hydrogen) atoms. The second-order valence-corrected chi connectivity index (χ2v) is 11.8. The first kappa shape index (κ1) is 38.7. The molecule has 0 aromatic rings. The van der Waals surface area contributed by atoms with Gasteiger partial charge in [0.2, 0.25) is 5.91 Å². The first-order chi connectivity index (χ1) is 19.4. The van der Waals surface area contributed by atoms with Gasteiger partial charge in [-0.3, -0.25) is 13.8 Å². The van der Waals surface area contributed by atoms with E-state index in [1.54, 1.807) is 6.08 Å². The van der Waals surface area contributed by atoms with Gasteiger partial charge >= 0.3 is 7.82 Å². The summed E-state index contributed by atoms with van der Waals surface area (Å²) in [6, 6.07) is -0.862. The first-order valence-corrected chi connectivity index (χ1v) is 17.1. The summed E-state index contributed by atoms with van der Waals surface area (Å²) in [7, 11) is -4.32. The van der Waals surface area contributed by atoms with Crippen LogP contribution in [0.2, 0.25) is 0 Å². The van der Waals surface area contributed by atoms with E-state index in [1.165, 1.54) is 38.5 Å². The minimum atomic E-state index is -4.32. The topological polar surface area (TPSA) is 131 Å². The van der Waals surface area contributed by atoms with Crippen LogP contribution in [0.15, 0.2) is 36.5 Å². The highest BCUT2D eigenvalue weighted by molar-refractivity contribution is 7.47. The van der Waals surface area contributed by atoms with Crippen molar-refractivity contribution >= 4 is 13.7 Å². The second-order valence-electron chi connectivity index (χ2n) is 10.3. The van der Waals surface area contributed by atoms with Gasteiger partial charge < -0.3 is 21.1 Å². The Morgan fingerprint density at radius 1 is 0.825 bits per heavy atom. The fourth-order valence-corrected chi connectivity index (χ4v) is 4.79. The average molecular weight is 587 g/mol. The van der Waals surface area contributed by atoms with Gasteiger partial charge in [-0.15, -0.1) is 0 Å². The maximum Gasteiger partial charge on any atom is 0.472 e. The van der Waals surface area contributed by atoms with Crippen molar-refractivity contribution in [2.45, 2.75) is 135 Å². The van der Waals surface area contributed by atoms with E-state index in [0.29, 0.717) is 6.42 Å². The molecule has 0 saturated heterocycles. The van der Waals surface area contributed by atoms with E-state index >= 15 is 0 Å².